The zero-order chi connectivity index (χ0) is 14.7. The van der Waals surface area contributed by atoms with Gasteiger partial charge in [-0.3, -0.25) is 0 Å². The monoisotopic (exact) mass is 285 g/mol. The molecule has 0 amide bonds. The minimum atomic E-state index is -0.184. The lowest BCUT2D eigenvalue weighted by Gasteiger charge is -2.12. The normalized spacial score (nSPS) is 13.4. The number of hydrogen-bond donors (Lipinski definition) is 1. The van der Waals surface area contributed by atoms with E-state index in [9.17, 15) is 4.39 Å². The fraction of sp³-hybridized carbons (Fsp3) is 0.333. The number of benzene rings is 2. The maximum absolute atomic E-state index is 13.5. The Labute approximate surface area is 125 Å². The topological polar surface area (TPSA) is 21.3 Å². The lowest BCUT2D eigenvalue weighted by molar-refractivity contribution is 0.134. The zero-order valence-corrected chi connectivity index (χ0v) is 12.3. The van der Waals surface area contributed by atoms with E-state index >= 15 is 0 Å². The Hall–Kier alpha value is -1.71. The van der Waals surface area contributed by atoms with Crippen LogP contribution in [0.15, 0.2) is 36.4 Å². The van der Waals surface area contributed by atoms with Crippen LogP contribution in [-0.4, -0.2) is 6.54 Å². The van der Waals surface area contributed by atoms with Crippen LogP contribution in [0.5, 0.6) is 0 Å². The van der Waals surface area contributed by atoms with Gasteiger partial charge in [-0.2, -0.15) is 0 Å². The number of rotatable bonds is 5. The largest absolute Gasteiger partial charge is 0.372 e. The van der Waals surface area contributed by atoms with Crippen molar-refractivity contribution >= 4 is 0 Å². The smallest absolute Gasteiger partial charge is 0.123 e. The third kappa shape index (κ3) is 3.14. The van der Waals surface area contributed by atoms with Gasteiger partial charge in [-0.05, 0) is 59.0 Å². The highest BCUT2D eigenvalue weighted by Gasteiger charge is 2.13. The quantitative estimate of drug-likeness (QED) is 0.838. The number of hydrogen-bond acceptors (Lipinski definition) is 2. The predicted octanol–water partition coefficient (Wildman–Crippen LogP) is 4.02. The van der Waals surface area contributed by atoms with Gasteiger partial charge >= 0.3 is 0 Å². The van der Waals surface area contributed by atoms with E-state index in [4.69, 9.17) is 4.74 Å². The van der Waals surface area contributed by atoms with E-state index in [1.807, 2.05) is 6.07 Å². The van der Waals surface area contributed by atoms with Gasteiger partial charge in [0.1, 0.15) is 5.82 Å². The van der Waals surface area contributed by atoms with Crippen molar-refractivity contribution in [2.45, 2.75) is 33.1 Å². The number of fused-ring (bicyclic) bond motifs is 1. The Balaban J connectivity index is 1.93. The van der Waals surface area contributed by atoms with E-state index in [0.29, 0.717) is 19.8 Å². The fourth-order valence-electron chi connectivity index (χ4n) is 2.73. The van der Waals surface area contributed by atoms with Crippen molar-refractivity contribution in [2.24, 2.45) is 0 Å². The fourth-order valence-corrected chi connectivity index (χ4v) is 2.73. The van der Waals surface area contributed by atoms with Crippen molar-refractivity contribution in [3.8, 4) is 11.1 Å². The van der Waals surface area contributed by atoms with Crippen LogP contribution in [0.4, 0.5) is 4.39 Å². The minimum absolute atomic E-state index is 0.184. The summed E-state index contributed by atoms with van der Waals surface area (Å²) >= 11 is 0. The summed E-state index contributed by atoms with van der Waals surface area (Å²) in [5.74, 6) is -0.184. The molecule has 0 bridgehead atoms. The highest BCUT2D eigenvalue weighted by molar-refractivity contribution is 5.68. The molecule has 0 saturated carbocycles. The van der Waals surface area contributed by atoms with Crippen LogP contribution >= 0.6 is 0 Å². The summed E-state index contributed by atoms with van der Waals surface area (Å²) in [7, 11) is 0. The summed E-state index contributed by atoms with van der Waals surface area (Å²) in [5.41, 5.74) is 5.72. The molecule has 2 aromatic carbocycles. The van der Waals surface area contributed by atoms with Crippen LogP contribution in [0, 0.1) is 5.82 Å². The molecule has 1 heterocycles. The number of ether oxygens (including phenoxy) is 1. The van der Waals surface area contributed by atoms with Crippen LogP contribution in [0.3, 0.4) is 0 Å². The molecule has 110 valence electrons. The summed E-state index contributed by atoms with van der Waals surface area (Å²) in [6, 6.07) is 11.4. The summed E-state index contributed by atoms with van der Waals surface area (Å²) in [6.07, 6.45) is 1.07. The van der Waals surface area contributed by atoms with E-state index in [2.05, 4.69) is 30.4 Å². The van der Waals surface area contributed by atoms with E-state index < -0.39 is 0 Å². The van der Waals surface area contributed by atoms with E-state index in [0.717, 1.165) is 29.7 Å². The van der Waals surface area contributed by atoms with Gasteiger partial charge in [-0.25, -0.2) is 4.39 Å². The number of halogens is 1. The Morgan fingerprint density at radius 2 is 1.95 bits per heavy atom. The molecule has 1 aliphatic rings. The summed E-state index contributed by atoms with van der Waals surface area (Å²) in [6.45, 7) is 5.13. The molecular weight excluding hydrogens is 265 g/mol. The van der Waals surface area contributed by atoms with E-state index in [-0.39, 0.29) is 5.82 Å². The third-order valence-corrected chi connectivity index (χ3v) is 3.84. The lowest BCUT2D eigenvalue weighted by atomic mass is 9.96. The van der Waals surface area contributed by atoms with Crippen molar-refractivity contribution in [3.05, 3.63) is 58.9 Å². The first kappa shape index (κ1) is 14.2. The van der Waals surface area contributed by atoms with Crippen LogP contribution < -0.4 is 5.32 Å². The van der Waals surface area contributed by atoms with Crippen molar-refractivity contribution < 1.29 is 9.13 Å². The Morgan fingerprint density at radius 3 is 2.81 bits per heavy atom. The van der Waals surface area contributed by atoms with Gasteiger partial charge in [0.15, 0.2) is 0 Å². The molecule has 1 N–H and O–H groups in total. The second kappa shape index (κ2) is 6.37. The molecule has 0 unspecified atom stereocenters. The van der Waals surface area contributed by atoms with Gasteiger partial charge < -0.3 is 10.1 Å². The van der Waals surface area contributed by atoms with Gasteiger partial charge in [-0.1, -0.05) is 25.1 Å². The molecule has 2 aromatic rings. The van der Waals surface area contributed by atoms with Crippen LogP contribution in [-0.2, 0) is 24.5 Å². The van der Waals surface area contributed by atoms with Gasteiger partial charge in [0.25, 0.3) is 0 Å². The molecule has 0 spiro atoms. The Bertz CT molecular complexity index is 639. The second-order valence-corrected chi connectivity index (χ2v) is 5.45. The number of nitrogens with one attached hydrogen (secondary N) is 1. The predicted molar refractivity (Wildman–Crippen MR) is 82.3 cm³/mol. The van der Waals surface area contributed by atoms with E-state index in [1.54, 1.807) is 6.07 Å². The summed E-state index contributed by atoms with van der Waals surface area (Å²) < 4.78 is 19.0. The second-order valence-electron chi connectivity index (χ2n) is 5.45. The first-order chi connectivity index (χ1) is 10.3. The maximum atomic E-state index is 13.5. The molecule has 21 heavy (non-hydrogen) atoms. The van der Waals surface area contributed by atoms with Crippen molar-refractivity contribution in [1.82, 2.24) is 5.32 Å². The third-order valence-electron chi connectivity index (χ3n) is 3.84. The molecule has 1 aliphatic heterocycles. The van der Waals surface area contributed by atoms with Crippen LogP contribution in [0.25, 0.3) is 11.1 Å². The Morgan fingerprint density at radius 1 is 1.10 bits per heavy atom. The van der Waals surface area contributed by atoms with Crippen molar-refractivity contribution in [2.75, 3.05) is 6.54 Å². The highest BCUT2D eigenvalue weighted by Crippen LogP contribution is 2.29. The maximum Gasteiger partial charge on any atom is 0.123 e. The van der Waals surface area contributed by atoms with Crippen molar-refractivity contribution in [3.63, 3.8) is 0 Å². The van der Waals surface area contributed by atoms with E-state index in [1.165, 1.54) is 17.2 Å². The van der Waals surface area contributed by atoms with Crippen LogP contribution in [0.2, 0.25) is 0 Å². The molecule has 0 radical (unpaired) electrons. The zero-order valence-electron chi connectivity index (χ0n) is 12.3. The molecule has 0 aromatic heterocycles. The first-order valence-corrected chi connectivity index (χ1v) is 7.47. The first-order valence-electron chi connectivity index (χ1n) is 7.47. The molecule has 0 aliphatic carbocycles. The van der Waals surface area contributed by atoms with Crippen LogP contribution in [0.1, 0.15) is 30.0 Å². The van der Waals surface area contributed by atoms with Gasteiger partial charge in [-0.15, -0.1) is 0 Å². The molecule has 3 heteroatoms. The average Bonchev–Trinajstić information content (AvgIpc) is 2.95. The van der Waals surface area contributed by atoms with Crippen molar-refractivity contribution in [1.29, 1.82) is 0 Å². The molecule has 2 nitrogen and oxygen atoms in total. The highest BCUT2D eigenvalue weighted by atomic mass is 19.1. The van der Waals surface area contributed by atoms with Gasteiger partial charge in [0.2, 0.25) is 0 Å². The molecule has 0 fully saturated rings. The molecule has 0 saturated heterocycles. The molecule has 0 atom stereocenters. The van der Waals surface area contributed by atoms with Gasteiger partial charge in [0.05, 0.1) is 13.2 Å². The SMILES string of the molecule is CCCNCc1cc(F)ccc1-c1ccc2c(c1)COC2. The lowest BCUT2D eigenvalue weighted by Crippen LogP contribution is -2.14. The summed E-state index contributed by atoms with van der Waals surface area (Å²) in [5, 5.41) is 3.35. The average molecular weight is 285 g/mol. The van der Waals surface area contributed by atoms with Gasteiger partial charge in [0, 0.05) is 6.54 Å². The summed E-state index contributed by atoms with van der Waals surface area (Å²) in [4.78, 5) is 0. The minimum Gasteiger partial charge on any atom is -0.372 e. The molecule has 3 rings (SSSR count). The Kier molecular flexibility index (Phi) is 4.32. The standard InChI is InChI=1S/C18H20FNO/c1-2-7-20-10-15-9-17(19)5-6-18(15)13-3-4-14-11-21-12-16(14)8-13/h3-6,8-9,20H,2,7,10-12H2,1H3. The molecular formula is C18H20FNO.